The molecule has 0 aliphatic carbocycles. The molecule has 1 aromatic heterocycles. The lowest BCUT2D eigenvalue weighted by Crippen LogP contribution is -2.11. The Morgan fingerprint density at radius 2 is 2.22 bits per heavy atom. The summed E-state index contributed by atoms with van der Waals surface area (Å²) >= 11 is 2.57. The van der Waals surface area contributed by atoms with Gasteiger partial charge in [0.1, 0.15) is 5.82 Å². The lowest BCUT2D eigenvalue weighted by molar-refractivity contribution is 0.1000. The van der Waals surface area contributed by atoms with Crippen LogP contribution in [0, 0.1) is 5.82 Å². The SMILES string of the molecule is NC(=O)c1ccc(CSc2nnc(N)s2)c(F)c1. The predicted octanol–water partition coefficient (Wildman–Crippen LogP) is 1.65. The van der Waals surface area contributed by atoms with Crippen molar-refractivity contribution in [3.8, 4) is 0 Å². The molecule has 0 saturated heterocycles. The van der Waals surface area contributed by atoms with Crippen LogP contribution in [0.3, 0.4) is 0 Å². The number of nitrogens with two attached hydrogens (primary N) is 2. The maximum absolute atomic E-state index is 13.6. The van der Waals surface area contributed by atoms with Gasteiger partial charge in [0.15, 0.2) is 4.34 Å². The van der Waals surface area contributed by atoms with Crippen molar-refractivity contribution in [2.45, 2.75) is 10.1 Å². The number of primary amides is 1. The molecule has 0 aliphatic heterocycles. The summed E-state index contributed by atoms with van der Waals surface area (Å²) in [6.45, 7) is 0. The molecule has 0 atom stereocenters. The average molecular weight is 284 g/mol. The zero-order valence-corrected chi connectivity index (χ0v) is 10.7. The van der Waals surface area contributed by atoms with Gasteiger partial charge in [0.25, 0.3) is 0 Å². The van der Waals surface area contributed by atoms with Crippen molar-refractivity contribution in [3.63, 3.8) is 0 Å². The van der Waals surface area contributed by atoms with Crippen LogP contribution in [0.1, 0.15) is 15.9 Å². The first-order valence-electron chi connectivity index (χ1n) is 4.86. The van der Waals surface area contributed by atoms with Crippen molar-refractivity contribution >= 4 is 34.1 Å². The van der Waals surface area contributed by atoms with Crippen LogP contribution in [0.15, 0.2) is 22.5 Å². The van der Waals surface area contributed by atoms with E-state index in [2.05, 4.69) is 10.2 Å². The Kier molecular flexibility index (Phi) is 3.78. The molecule has 0 fully saturated rings. The minimum Gasteiger partial charge on any atom is -0.374 e. The third kappa shape index (κ3) is 2.96. The first-order valence-corrected chi connectivity index (χ1v) is 6.66. The fraction of sp³-hybridized carbons (Fsp3) is 0.100. The fourth-order valence-electron chi connectivity index (χ4n) is 1.24. The van der Waals surface area contributed by atoms with Gasteiger partial charge < -0.3 is 11.5 Å². The molecule has 0 spiro atoms. The highest BCUT2D eigenvalue weighted by molar-refractivity contribution is 8.00. The van der Waals surface area contributed by atoms with Gasteiger partial charge in [-0.25, -0.2) is 4.39 Å². The molecule has 0 saturated carbocycles. The lowest BCUT2D eigenvalue weighted by Gasteiger charge is -2.02. The number of nitrogens with zero attached hydrogens (tertiary/aromatic N) is 2. The van der Waals surface area contributed by atoms with E-state index in [4.69, 9.17) is 11.5 Å². The smallest absolute Gasteiger partial charge is 0.248 e. The van der Waals surface area contributed by atoms with Crippen LogP contribution < -0.4 is 11.5 Å². The van der Waals surface area contributed by atoms with Gasteiger partial charge in [0.2, 0.25) is 11.0 Å². The minimum absolute atomic E-state index is 0.154. The summed E-state index contributed by atoms with van der Waals surface area (Å²) in [6.07, 6.45) is 0. The average Bonchev–Trinajstić information content (AvgIpc) is 2.73. The van der Waals surface area contributed by atoms with E-state index in [1.165, 1.54) is 35.2 Å². The van der Waals surface area contributed by atoms with Crippen molar-refractivity contribution in [2.24, 2.45) is 5.73 Å². The van der Waals surface area contributed by atoms with Crippen molar-refractivity contribution in [1.29, 1.82) is 0 Å². The predicted molar refractivity (Wildman–Crippen MR) is 68.8 cm³/mol. The second-order valence-electron chi connectivity index (χ2n) is 3.37. The van der Waals surface area contributed by atoms with Gasteiger partial charge in [-0.15, -0.1) is 10.2 Å². The van der Waals surface area contributed by atoms with Crippen LogP contribution in [0.2, 0.25) is 0 Å². The van der Waals surface area contributed by atoms with Crippen LogP contribution in [0.25, 0.3) is 0 Å². The number of aromatic nitrogens is 2. The van der Waals surface area contributed by atoms with Crippen LogP contribution >= 0.6 is 23.1 Å². The summed E-state index contributed by atoms with van der Waals surface area (Å²) in [6, 6.07) is 4.16. The van der Waals surface area contributed by atoms with E-state index in [0.29, 0.717) is 20.8 Å². The van der Waals surface area contributed by atoms with Gasteiger partial charge >= 0.3 is 0 Å². The molecule has 1 heterocycles. The lowest BCUT2D eigenvalue weighted by atomic mass is 10.1. The molecule has 0 unspecified atom stereocenters. The van der Waals surface area contributed by atoms with Crippen LogP contribution in [0.5, 0.6) is 0 Å². The highest BCUT2D eigenvalue weighted by Crippen LogP contribution is 2.27. The summed E-state index contributed by atoms with van der Waals surface area (Å²) in [5.41, 5.74) is 11.1. The van der Waals surface area contributed by atoms with Crippen LogP contribution in [0.4, 0.5) is 9.52 Å². The number of carbonyl (C=O) groups is 1. The number of hydrogen-bond acceptors (Lipinski definition) is 6. The van der Waals surface area contributed by atoms with Crippen molar-refractivity contribution in [3.05, 3.63) is 35.1 Å². The molecule has 2 aromatic rings. The van der Waals surface area contributed by atoms with E-state index in [-0.39, 0.29) is 5.56 Å². The number of thioether (sulfide) groups is 1. The molecule has 8 heteroatoms. The summed E-state index contributed by atoms with van der Waals surface area (Å²) < 4.78 is 14.3. The number of carbonyl (C=O) groups excluding carboxylic acids is 1. The van der Waals surface area contributed by atoms with Gasteiger partial charge in [-0.1, -0.05) is 29.2 Å². The monoisotopic (exact) mass is 284 g/mol. The Hall–Kier alpha value is -1.67. The Balaban J connectivity index is 2.08. The molecule has 5 nitrogen and oxygen atoms in total. The molecule has 1 amide bonds. The highest BCUT2D eigenvalue weighted by Gasteiger charge is 2.09. The molecule has 0 radical (unpaired) electrons. The Labute approximate surface area is 110 Å². The minimum atomic E-state index is -0.648. The van der Waals surface area contributed by atoms with E-state index in [0.717, 1.165) is 6.07 Å². The Bertz CT molecular complexity index is 587. The quantitative estimate of drug-likeness (QED) is 0.832. The van der Waals surface area contributed by atoms with Crippen LogP contribution in [-0.2, 0) is 5.75 Å². The number of rotatable bonds is 4. The van der Waals surface area contributed by atoms with Gasteiger partial charge in [0, 0.05) is 11.3 Å². The molecule has 1 aromatic carbocycles. The largest absolute Gasteiger partial charge is 0.374 e. The molecule has 4 N–H and O–H groups in total. The second kappa shape index (κ2) is 5.32. The Morgan fingerprint density at radius 3 is 2.78 bits per heavy atom. The first kappa shape index (κ1) is 12.8. The topological polar surface area (TPSA) is 94.9 Å². The fourth-order valence-corrected chi connectivity index (χ4v) is 2.86. The molecule has 2 rings (SSSR count). The number of nitrogen functional groups attached to an aromatic ring is 1. The molecule has 0 aliphatic rings. The van der Waals surface area contributed by atoms with Gasteiger partial charge in [-0.05, 0) is 17.7 Å². The zero-order chi connectivity index (χ0) is 13.1. The highest BCUT2D eigenvalue weighted by atomic mass is 32.2. The number of benzene rings is 1. The summed E-state index contributed by atoms with van der Waals surface area (Å²) in [5, 5.41) is 7.85. The molecule has 0 bridgehead atoms. The normalized spacial score (nSPS) is 10.5. The zero-order valence-electron chi connectivity index (χ0n) is 9.09. The molecule has 18 heavy (non-hydrogen) atoms. The first-order chi connectivity index (χ1) is 8.56. The molecule has 94 valence electrons. The van der Waals surface area contributed by atoms with Crippen molar-refractivity contribution in [2.75, 3.05) is 5.73 Å². The van der Waals surface area contributed by atoms with E-state index >= 15 is 0 Å². The van der Waals surface area contributed by atoms with Crippen molar-refractivity contribution in [1.82, 2.24) is 10.2 Å². The van der Waals surface area contributed by atoms with Gasteiger partial charge in [-0.3, -0.25) is 4.79 Å². The van der Waals surface area contributed by atoms with Gasteiger partial charge in [0.05, 0.1) is 0 Å². The second-order valence-corrected chi connectivity index (χ2v) is 5.60. The number of anilines is 1. The Morgan fingerprint density at radius 1 is 1.44 bits per heavy atom. The van der Waals surface area contributed by atoms with E-state index in [1.807, 2.05) is 0 Å². The van der Waals surface area contributed by atoms with E-state index in [9.17, 15) is 9.18 Å². The number of halogens is 1. The van der Waals surface area contributed by atoms with E-state index in [1.54, 1.807) is 0 Å². The third-order valence-corrected chi connectivity index (χ3v) is 4.05. The van der Waals surface area contributed by atoms with Gasteiger partial charge in [-0.2, -0.15) is 0 Å². The standard InChI is InChI=1S/C10H9FN4OS2/c11-7-3-5(8(12)16)1-2-6(7)4-17-10-15-14-9(13)18-10/h1-3H,4H2,(H2,12,16)(H2,13,14). The van der Waals surface area contributed by atoms with Crippen LogP contribution in [-0.4, -0.2) is 16.1 Å². The molecular formula is C10H9FN4OS2. The third-order valence-electron chi connectivity index (χ3n) is 2.11. The van der Waals surface area contributed by atoms with E-state index < -0.39 is 11.7 Å². The molecular weight excluding hydrogens is 275 g/mol. The number of hydrogen-bond donors (Lipinski definition) is 2. The summed E-state index contributed by atoms with van der Waals surface area (Å²) in [7, 11) is 0. The maximum atomic E-state index is 13.6. The maximum Gasteiger partial charge on any atom is 0.248 e. The van der Waals surface area contributed by atoms with Crippen molar-refractivity contribution < 1.29 is 9.18 Å². The summed E-state index contributed by atoms with van der Waals surface area (Å²) in [4.78, 5) is 10.9. The number of amides is 1. The summed E-state index contributed by atoms with van der Waals surface area (Å²) in [5.74, 6) is -0.722.